The Morgan fingerprint density at radius 1 is 1.07 bits per heavy atom. The minimum absolute atomic E-state index is 0.130. The molecule has 0 fully saturated rings. The summed E-state index contributed by atoms with van der Waals surface area (Å²) < 4.78 is 10.4. The number of imidazole rings is 1. The van der Waals surface area contributed by atoms with Crippen LogP contribution in [0, 0.1) is 0 Å². The van der Waals surface area contributed by atoms with Gasteiger partial charge in [0, 0.05) is 32.9 Å². The zero-order chi connectivity index (χ0) is 21.3. The van der Waals surface area contributed by atoms with E-state index in [-0.39, 0.29) is 6.10 Å². The zero-order valence-corrected chi connectivity index (χ0v) is 19.3. The number of hydrogen-bond acceptors (Lipinski definition) is 2. The number of hydrogen-bond donors (Lipinski definition) is 1. The summed E-state index contributed by atoms with van der Waals surface area (Å²) in [7, 11) is 0. The van der Waals surface area contributed by atoms with E-state index in [2.05, 4.69) is 40.1 Å². The number of halogens is 3. The summed E-state index contributed by atoms with van der Waals surface area (Å²) in [6.07, 6.45) is 8.19. The van der Waals surface area contributed by atoms with E-state index in [1.54, 1.807) is 6.07 Å². The Bertz CT molecular complexity index is 928. The van der Waals surface area contributed by atoms with Crippen LogP contribution in [0.4, 0.5) is 5.69 Å². The first kappa shape index (κ1) is 23.0. The minimum Gasteiger partial charge on any atom is -0.381 e. The molecule has 0 saturated heterocycles. The quantitative estimate of drug-likeness (QED) is 0.261. The van der Waals surface area contributed by atoms with Crippen LogP contribution in [0.2, 0.25) is 15.1 Å². The van der Waals surface area contributed by atoms with Crippen molar-refractivity contribution in [3.63, 3.8) is 0 Å². The van der Waals surface area contributed by atoms with Crippen LogP contribution in [0.25, 0.3) is 0 Å². The first-order valence-corrected chi connectivity index (χ1v) is 11.3. The number of ether oxygens (including phenoxy) is 1. The van der Waals surface area contributed by atoms with Gasteiger partial charge < -0.3 is 10.1 Å². The maximum atomic E-state index is 6.45. The lowest BCUT2D eigenvalue weighted by atomic mass is 10.1. The van der Waals surface area contributed by atoms with Gasteiger partial charge in [-0.25, -0.2) is 9.13 Å². The van der Waals surface area contributed by atoms with Crippen molar-refractivity contribution >= 4 is 40.5 Å². The third-order valence-corrected chi connectivity index (χ3v) is 5.61. The van der Waals surface area contributed by atoms with Gasteiger partial charge in [0.25, 0.3) is 0 Å². The largest absolute Gasteiger partial charge is 0.381 e. The smallest absolute Gasteiger partial charge is 0.243 e. The molecule has 0 bridgehead atoms. The molecule has 1 heterocycles. The Labute approximate surface area is 193 Å². The van der Waals surface area contributed by atoms with E-state index in [1.165, 1.54) is 0 Å². The predicted octanol–water partition coefficient (Wildman–Crippen LogP) is 6.41. The maximum absolute atomic E-state index is 6.45. The van der Waals surface area contributed by atoms with E-state index < -0.39 is 0 Å². The van der Waals surface area contributed by atoms with Crippen molar-refractivity contribution in [1.29, 1.82) is 0 Å². The number of aromatic nitrogens is 2. The van der Waals surface area contributed by atoms with Crippen molar-refractivity contribution in [2.75, 3.05) is 18.5 Å². The molecule has 160 valence electrons. The van der Waals surface area contributed by atoms with E-state index in [4.69, 9.17) is 39.5 Å². The first-order chi connectivity index (χ1) is 14.5. The van der Waals surface area contributed by atoms with Crippen LogP contribution >= 0.6 is 34.8 Å². The molecule has 1 atom stereocenters. The highest BCUT2D eigenvalue weighted by Crippen LogP contribution is 2.29. The monoisotopic (exact) mass is 466 g/mol. The summed E-state index contributed by atoms with van der Waals surface area (Å²) in [5.74, 6) is 0. The van der Waals surface area contributed by atoms with E-state index in [9.17, 15) is 0 Å². The van der Waals surface area contributed by atoms with Crippen LogP contribution in [0.5, 0.6) is 0 Å². The molecule has 0 saturated carbocycles. The second kappa shape index (κ2) is 11.6. The first-order valence-electron chi connectivity index (χ1n) is 10.2. The van der Waals surface area contributed by atoms with E-state index in [1.807, 2.05) is 36.4 Å². The van der Waals surface area contributed by atoms with Gasteiger partial charge in [-0.3, -0.25) is 0 Å². The molecule has 1 N–H and O–H groups in total. The molecule has 2 aromatic carbocycles. The molecule has 0 spiro atoms. The van der Waals surface area contributed by atoms with Crippen molar-refractivity contribution in [2.45, 2.75) is 39.0 Å². The number of unbranched alkanes of at least 4 members (excludes halogenated alkanes) is 1. The molecule has 0 aliphatic heterocycles. The lowest BCUT2D eigenvalue weighted by Gasteiger charge is -2.18. The van der Waals surface area contributed by atoms with Gasteiger partial charge in [0.05, 0.1) is 6.54 Å². The van der Waals surface area contributed by atoms with Gasteiger partial charge >= 0.3 is 0 Å². The van der Waals surface area contributed by atoms with Gasteiger partial charge in [-0.15, -0.1) is 0 Å². The van der Waals surface area contributed by atoms with E-state index in [0.717, 1.165) is 42.2 Å². The molecule has 7 heteroatoms. The molecular formula is C23H27Cl3N3O+. The molecule has 1 unspecified atom stereocenters. The Morgan fingerprint density at radius 3 is 2.57 bits per heavy atom. The Morgan fingerprint density at radius 2 is 1.83 bits per heavy atom. The van der Waals surface area contributed by atoms with Gasteiger partial charge in [-0.05, 0) is 42.8 Å². The van der Waals surface area contributed by atoms with Crippen LogP contribution in [0.15, 0.2) is 61.2 Å². The summed E-state index contributed by atoms with van der Waals surface area (Å²) in [4.78, 5) is 0. The third kappa shape index (κ3) is 6.92. The summed E-state index contributed by atoms with van der Waals surface area (Å²) in [6.45, 7) is 5.20. The Kier molecular flexibility index (Phi) is 8.88. The lowest BCUT2D eigenvalue weighted by molar-refractivity contribution is -0.704. The highest BCUT2D eigenvalue weighted by molar-refractivity contribution is 6.35. The molecular weight excluding hydrogens is 441 g/mol. The molecule has 0 amide bonds. The fraction of sp³-hybridized carbons (Fsp3) is 0.348. The highest BCUT2D eigenvalue weighted by Gasteiger charge is 2.19. The molecule has 3 rings (SSSR count). The number of rotatable bonds is 11. The average Bonchev–Trinajstić information content (AvgIpc) is 3.16. The van der Waals surface area contributed by atoms with Gasteiger partial charge in [0.15, 0.2) is 0 Å². The maximum Gasteiger partial charge on any atom is 0.243 e. The lowest BCUT2D eigenvalue weighted by Crippen LogP contribution is -2.36. The molecule has 3 aromatic rings. The average molecular weight is 468 g/mol. The number of anilines is 1. The second-order valence-electron chi connectivity index (χ2n) is 7.16. The Balaban J connectivity index is 1.60. The molecule has 30 heavy (non-hydrogen) atoms. The van der Waals surface area contributed by atoms with Crippen LogP contribution < -0.4 is 9.88 Å². The summed E-state index contributed by atoms with van der Waals surface area (Å²) in [6, 6.07) is 13.3. The van der Waals surface area contributed by atoms with Crippen molar-refractivity contribution in [1.82, 2.24) is 4.57 Å². The predicted molar refractivity (Wildman–Crippen MR) is 125 cm³/mol. The normalized spacial score (nSPS) is 12.1. The fourth-order valence-electron chi connectivity index (χ4n) is 3.14. The third-order valence-electron chi connectivity index (χ3n) is 4.79. The van der Waals surface area contributed by atoms with Crippen molar-refractivity contribution < 1.29 is 9.30 Å². The van der Waals surface area contributed by atoms with Crippen LogP contribution in [-0.4, -0.2) is 17.7 Å². The van der Waals surface area contributed by atoms with Gasteiger partial charge in [0.1, 0.15) is 31.6 Å². The van der Waals surface area contributed by atoms with Gasteiger partial charge in [0.2, 0.25) is 6.33 Å². The summed E-state index contributed by atoms with van der Waals surface area (Å²) in [5.41, 5.74) is 2.02. The van der Waals surface area contributed by atoms with Gasteiger partial charge in [-0.2, -0.15) is 0 Å². The fourth-order valence-corrected chi connectivity index (χ4v) is 3.80. The summed E-state index contributed by atoms with van der Waals surface area (Å²) in [5, 5.41) is 5.40. The topological polar surface area (TPSA) is 30.1 Å². The number of benzene rings is 2. The zero-order valence-electron chi connectivity index (χ0n) is 17.0. The van der Waals surface area contributed by atoms with E-state index in [0.29, 0.717) is 23.2 Å². The van der Waals surface area contributed by atoms with Crippen molar-refractivity contribution in [3.8, 4) is 0 Å². The SMILES string of the molecule is CCCCOC(C[n+]1ccn(CCNc2ccc(Cl)cc2)c1)c1ccc(Cl)cc1Cl. The van der Waals surface area contributed by atoms with E-state index >= 15 is 0 Å². The standard InChI is InChI=1S/C23H27Cl3N3O/c1-2-3-14-30-23(21-9-6-19(25)15-22(21)26)16-29-13-12-28(17-29)11-10-27-20-7-4-18(24)5-8-20/h4-9,12-13,15,17,23,27H,2-3,10-11,14,16H2,1H3/q+1. The minimum atomic E-state index is -0.130. The van der Waals surface area contributed by atoms with Crippen LogP contribution in [-0.2, 0) is 17.8 Å². The Hall–Kier alpha value is -1.72. The molecule has 1 aromatic heterocycles. The molecule has 4 nitrogen and oxygen atoms in total. The van der Waals surface area contributed by atoms with Crippen LogP contribution in [0.3, 0.4) is 0 Å². The van der Waals surface area contributed by atoms with Crippen LogP contribution in [0.1, 0.15) is 31.4 Å². The molecule has 0 aliphatic rings. The molecule has 0 radical (unpaired) electrons. The number of nitrogens with one attached hydrogen (secondary N) is 1. The molecule has 0 aliphatic carbocycles. The number of nitrogens with zero attached hydrogens (tertiary/aromatic N) is 2. The van der Waals surface area contributed by atoms with Gasteiger partial charge in [-0.1, -0.05) is 54.2 Å². The highest BCUT2D eigenvalue weighted by atomic mass is 35.5. The summed E-state index contributed by atoms with van der Waals surface area (Å²) >= 11 is 18.4. The van der Waals surface area contributed by atoms with Crippen molar-refractivity contribution in [3.05, 3.63) is 81.8 Å². The second-order valence-corrected chi connectivity index (χ2v) is 8.44. The van der Waals surface area contributed by atoms with Crippen molar-refractivity contribution in [2.24, 2.45) is 0 Å².